The number of carbonyl (C=O) groups is 2. The Bertz CT molecular complexity index is 549. The van der Waals surface area contributed by atoms with Gasteiger partial charge in [-0.3, -0.25) is 0 Å². The van der Waals surface area contributed by atoms with Crippen LogP contribution in [0.3, 0.4) is 0 Å². The molecule has 0 aromatic rings. The Balaban J connectivity index is 1.79. The number of methoxy groups -OCH3 is 2. The summed E-state index contributed by atoms with van der Waals surface area (Å²) in [5.41, 5.74) is 1.10. The zero-order valence-electron chi connectivity index (χ0n) is 14.2. The molecule has 0 radical (unpaired) electrons. The van der Waals surface area contributed by atoms with Gasteiger partial charge in [-0.25, -0.2) is 9.59 Å². The predicted octanol–water partition coefficient (Wildman–Crippen LogP) is 0.207. The maximum absolute atomic E-state index is 11.8. The van der Waals surface area contributed by atoms with Crippen LogP contribution in [0.5, 0.6) is 0 Å². The molecule has 3 heterocycles. The topological polar surface area (TPSA) is 77.5 Å². The van der Waals surface area contributed by atoms with Crippen molar-refractivity contribution in [2.24, 2.45) is 0 Å². The summed E-state index contributed by atoms with van der Waals surface area (Å²) in [6.45, 7) is 0. The van der Waals surface area contributed by atoms with E-state index in [1.807, 2.05) is 23.9 Å². The van der Waals surface area contributed by atoms with Crippen molar-refractivity contribution in [1.29, 1.82) is 0 Å². The lowest BCUT2D eigenvalue weighted by atomic mass is 9.98. The SMILES string of the molecule is COC(=O)C1=CN(C)C2OC3CC(C(=O)OC)=CN(C)C3OC2C1. The lowest BCUT2D eigenvalue weighted by Gasteiger charge is -2.50. The minimum absolute atomic E-state index is 0.286. The van der Waals surface area contributed by atoms with Gasteiger partial charge in [0.2, 0.25) is 0 Å². The van der Waals surface area contributed by atoms with Crippen molar-refractivity contribution in [2.75, 3.05) is 28.3 Å². The zero-order chi connectivity index (χ0) is 17.4. The third-order valence-electron chi connectivity index (χ3n) is 4.52. The fraction of sp³-hybridized carbons (Fsp3) is 0.625. The van der Waals surface area contributed by atoms with Gasteiger partial charge in [0, 0.05) is 39.3 Å². The summed E-state index contributed by atoms with van der Waals surface area (Å²) in [7, 11) is 6.37. The summed E-state index contributed by atoms with van der Waals surface area (Å²) in [5, 5.41) is 0. The molecule has 8 nitrogen and oxygen atoms in total. The van der Waals surface area contributed by atoms with Crippen LogP contribution in [0.15, 0.2) is 23.5 Å². The monoisotopic (exact) mass is 338 g/mol. The predicted molar refractivity (Wildman–Crippen MR) is 82.3 cm³/mol. The highest BCUT2D eigenvalue weighted by Crippen LogP contribution is 2.36. The third-order valence-corrected chi connectivity index (χ3v) is 4.52. The van der Waals surface area contributed by atoms with E-state index in [9.17, 15) is 9.59 Å². The van der Waals surface area contributed by atoms with Crippen LogP contribution in [-0.4, -0.2) is 74.7 Å². The minimum Gasteiger partial charge on any atom is -0.466 e. The lowest BCUT2D eigenvalue weighted by molar-refractivity contribution is -0.281. The second-order valence-corrected chi connectivity index (χ2v) is 6.16. The van der Waals surface area contributed by atoms with Crippen LogP contribution in [0, 0.1) is 0 Å². The molecule has 132 valence electrons. The van der Waals surface area contributed by atoms with Crippen LogP contribution in [0.1, 0.15) is 12.8 Å². The van der Waals surface area contributed by atoms with Gasteiger partial charge in [-0.05, 0) is 0 Å². The Morgan fingerprint density at radius 1 is 0.917 bits per heavy atom. The molecule has 24 heavy (non-hydrogen) atoms. The van der Waals surface area contributed by atoms with Gasteiger partial charge in [-0.2, -0.15) is 0 Å². The molecule has 0 N–H and O–H groups in total. The molecule has 3 rings (SSSR count). The Hall–Kier alpha value is -2.06. The summed E-state index contributed by atoms with van der Waals surface area (Å²) in [5.74, 6) is -0.730. The Morgan fingerprint density at radius 3 is 1.62 bits per heavy atom. The van der Waals surface area contributed by atoms with E-state index >= 15 is 0 Å². The van der Waals surface area contributed by atoms with E-state index in [1.54, 1.807) is 12.4 Å². The number of nitrogens with zero attached hydrogens (tertiary/aromatic N) is 2. The number of hydrogen-bond donors (Lipinski definition) is 0. The lowest BCUT2D eigenvalue weighted by Crippen LogP contribution is -2.60. The third kappa shape index (κ3) is 2.87. The molecule has 3 aliphatic rings. The summed E-state index contributed by atoms with van der Waals surface area (Å²) in [6.07, 6.45) is 3.09. The molecule has 8 heteroatoms. The van der Waals surface area contributed by atoms with Crippen LogP contribution in [-0.2, 0) is 28.5 Å². The average molecular weight is 338 g/mol. The van der Waals surface area contributed by atoms with E-state index in [4.69, 9.17) is 18.9 Å². The smallest absolute Gasteiger partial charge is 0.335 e. The molecule has 4 unspecified atom stereocenters. The molecule has 1 fully saturated rings. The molecule has 4 atom stereocenters. The van der Waals surface area contributed by atoms with Gasteiger partial charge in [0.25, 0.3) is 0 Å². The van der Waals surface area contributed by atoms with Gasteiger partial charge in [-0.1, -0.05) is 0 Å². The maximum Gasteiger partial charge on any atom is 0.335 e. The van der Waals surface area contributed by atoms with Crippen LogP contribution in [0.4, 0.5) is 0 Å². The fourth-order valence-electron chi connectivity index (χ4n) is 3.39. The van der Waals surface area contributed by atoms with Crippen molar-refractivity contribution in [3.63, 3.8) is 0 Å². The summed E-state index contributed by atoms with van der Waals surface area (Å²) in [4.78, 5) is 27.2. The highest BCUT2D eigenvalue weighted by Gasteiger charge is 2.46. The molecule has 0 bridgehead atoms. The number of hydrogen-bond acceptors (Lipinski definition) is 8. The molecule has 1 saturated heterocycles. The second-order valence-electron chi connectivity index (χ2n) is 6.16. The average Bonchev–Trinajstić information content (AvgIpc) is 2.59. The quantitative estimate of drug-likeness (QED) is 0.661. The molecular formula is C16H22N2O6. The van der Waals surface area contributed by atoms with Gasteiger partial charge in [0.1, 0.15) is 12.2 Å². The summed E-state index contributed by atoms with van der Waals surface area (Å²) < 4.78 is 21.9. The van der Waals surface area contributed by atoms with Gasteiger partial charge in [0.05, 0.1) is 25.4 Å². The molecule has 0 saturated carbocycles. The van der Waals surface area contributed by atoms with Crippen LogP contribution >= 0.6 is 0 Å². The van der Waals surface area contributed by atoms with E-state index in [1.165, 1.54) is 14.2 Å². The van der Waals surface area contributed by atoms with Crippen molar-refractivity contribution in [1.82, 2.24) is 9.80 Å². The van der Waals surface area contributed by atoms with E-state index in [-0.39, 0.29) is 36.6 Å². The number of carbonyl (C=O) groups excluding carboxylic acids is 2. The number of rotatable bonds is 2. The summed E-state index contributed by atoms with van der Waals surface area (Å²) >= 11 is 0. The first-order valence-corrected chi connectivity index (χ1v) is 7.77. The molecule has 0 aromatic heterocycles. The van der Waals surface area contributed by atoms with Gasteiger partial charge in [-0.15, -0.1) is 0 Å². The number of esters is 2. The van der Waals surface area contributed by atoms with E-state index < -0.39 is 0 Å². The molecule has 0 spiro atoms. The minimum atomic E-state index is -0.365. The van der Waals surface area contributed by atoms with Gasteiger partial charge >= 0.3 is 11.9 Å². The standard InChI is InChI=1S/C16H22N2O6/c1-17-7-9(15(19)21-3)5-11-13(17)23-12-6-10(16(20)22-4)8-18(2)14(12)24-11/h7-8,11-14H,5-6H2,1-4H3. The molecular weight excluding hydrogens is 316 g/mol. The van der Waals surface area contributed by atoms with E-state index in [0.29, 0.717) is 24.0 Å². The van der Waals surface area contributed by atoms with Crippen molar-refractivity contribution < 1.29 is 28.5 Å². The molecule has 0 aromatic carbocycles. The van der Waals surface area contributed by atoms with Crippen LogP contribution in [0.25, 0.3) is 0 Å². The first-order chi connectivity index (χ1) is 11.4. The normalized spacial score (nSPS) is 32.2. The Labute approximate surface area is 140 Å². The van der Waals surface area contributed by atoms with Gasteiger partial charge in [0.15, 0.2) is 12.5 Å². The first-order valence-electron chi connectivity index (χ1n) is 7.77. The van der Waals surface area contributed by atoms with E-state index in [0.717, 1.165) is 0 Å². The Kier molecular flexibility index (Phi) is 4.51. The number of likely N-dealkylation sites (N-methyl/N-ethyl adjacent to an activating group) is 2. The van der Waals surface area contributed by atoms with Gasteiger partial charge < -0.3 is 28.7 Å². The summed E-state index contributed by atoms with van der Waals surface area (Å²) in [6, 6.07) is 0. The molecule has 0 aliphatic carbocycles. The van der Waals surface area contributed by atoms with Crippen molar-refractivity contribution in [2.45, 2.75) is 37.5 Å². The number of fused-ring (bicyclic) bond motifs is 2. The highest BCUT2D eigenvalue weighted by atomic mass is 16.6. The largest absolute Gasteiger partial charge is 0.466 e. The Morgan fingerprint density at radius 2 is 1.29 bits per heavy atom. The van der Waals surface area contributed by atoms with Crippen molar-refractivity contribution >= 4 is 11.9 Å². The van der Waals surface area contributed by atoms with Crippen LogP contribution in [0.2, 0.25) is 0 Å². The zero-order valence-corrected chi connectivity index (χ0v) is 14.2. The van der Waals surface area contributed by atoms with Crippen molar-refractivity contribution in [3.05, 3.63) is 23.5 Å². The van der Waals surface area contributed by atoms with Crippen molar-refractivity contribution in [3.8, 4) is 0 Å². The first kappa shape index (κ1) is 16.8. The highest BCUT2D eigenvalue weighted by molar-refractivity contribution is 5.89. The maximum atomic E-state index is 11.8. The fourth-order valence-corrected chi connectivity index (χ4v) is 3.39. The number of ether oxygens (including phenoxy) is 4. The molecule has 0 amide bonds. The van der Waals surface area contributed by atoms with Crippen LogP contribution < -0.4 is 0 Å². The molecule has 3 aliphatic heterocycles. The second kappa shape index (κ2) is 6.45. The van der Waals surface area contributed by atoms with E-state index in [2.05, 4.69) is 0 Å².